The second-order valence-corrected chi connectivity index (χ2v) is 2.61. The number of nitrogens with zero attached hydrogens (tertiary/aromatic N) is 4. The third-order valence-electron chi connectivity index (χ3n) is 1.70. The van der Waals surface area contributed by atoms with Crippen molar-refractivity contribution in [3.8, 4) is 0 Å². The predicted molar refractivity (Wildman–Crippen MR) is 48.4 cm³/mol. The number of aromatic nitrogens is 5. The van der Waals surface area contributed by atoms with E-state index in [1.54, 1.807) is 6.92 Å². The molecule has 2 aromatic heterocycles. The van der Waals surface area contributed by atoms with Crippen molar-refractivity contribution in [1.29, 1.82) is 0 Å². The molecule has 0 radical (unpaired) electrons. The summed E-state index contributed by atoms with van der Waals surface area (Å²) in [5, 5.41) is 6.97. The molecule has 0 fully saturated rings. The van der Waals surface area contributed by atoms with Gasteiger partial charge >= 0.3 is 11.7 Å². The first-order valence-corrected chi connectivity index (χ1v) is 4.20. The summed E-state index contributed by atoms with van der Waals surface area (Å²) in [5.74, 6) is 0. The van der Waals surface area contributed by atoms with Crippen molar-refractivity contribution in [3.63, 3.8) is 0 Å². The van der Waals surface area contributed by atoms with Crippen molar-refractivity contribution in [3.05, 3.63) is 16.7 Å². The molecule has 0 amide bonds. The van der Waals surface area contributed by atoms with Crippen LogP contribution in [0.4, 0.5) is 4.79 Å². The van der Waals surface area contributed by atoms with Gasteiger partial charge in [-0.2, -0.15) is 0 Å². The first kappa shape index (κ1) is 9.31. The predicted octanol–water partition coefficient (Wildman–Crippen LogP) is -0.481. The van der Waals surface area contributed by atoms with Crippen LogP contribution in [0.3, 0.4) is 0 Å². The van der Waals surface area contributed by atoms with Gasteiger partial charge in [0.25, 0.3) is 0 Å². The summed E-state index contributed by atoms with van der Waals surface area (Å²) in [6, 6.07) is 0. The highest BCUT2D eigenvalue weighted by Crippen LogP contribution is 1.95. The molecule has 0 atom stereocenters. The lowest BCUT2D eigenvalue weighted by Crippen LogP contribution is -2.31. The molecule has 0 bridgehead atoms. The van der Waals surface area contributed by atoms with E-state index in [1.807, 2.05) is 0 Å². The Bertz CT molecular complexity index is 557. The third kappa shape index (κ3) is 1.45. The van der Waals surface area contributed by atoms with Gasteiger partial charge in [-0.25, -0.2) is 9.78 Å². The lowest BCUT2D eigenvalue weighted by molar-refractivity contribution is 0.148. The molecular formula is C7H7N5O3. The van der Waals surface area contributed by atoms with Crippen molar-refractivity contribution < 1.29 is 9.53 Å². The maximum atomic E-state index is 11.6. The van der Waals surface area contributed by atoms with E-state index < -0.39 is 11.7 Å². The maximum Gasteiger partial charge on any atom is 0.439 e. The van der Waals surface area contributed by atoms with Crippen LogP contribution in [0.5, 0.6) is 0 Å². The van der Waals surface area contributed by atoms with Crippen LogP contribution in [0.15, 0.2) is 11.1 Å². The highest BCUT2D eigenvalue weighted by atomic mass is 16.6. The Morgan fingerprint density at radius 3 is 3.20 bits per heavy atom. The lowest BCUT2D eigenvalue weighted by Gasteiger charge is -2.00. The summed E-state index contributed by atoms with van der Waals surface area (Å²) >= 11 is 0. The molecule has 1 N–H and O–H groups in total. The van der Waals surface area contributed by atoms with Gasteiger partial charge in [0.2, 0.25) is 5.65 Å². The van der Waals surface area contributed by atoms with Crippen molar-refractivity contribution in [2.45, 2.75) is 6.92 Å². The molecule has 0 aromatic carbocycles. The molecule has 15 heavy (non-hydrogen) atoms. The molecule has 8 heteroatoms. The molecule has 8 nitrogen and oxygen atoms in total. The molecule has 2 rings (SSSR count). The summed E-state index contributed by atoms with van der Waals surface area (Å²) in [6.07, 6.45) is 0.447. The number of carbonyl (C=O) groups is 1. The minimum Gasteiger partial charge on any atom is -0.448 e. The normalized spacial score (nSPS) is 10.5. The molecule has 0 aliphatic heterocycles. The van der Waals surface area contributed by atoms with Gasteiger partial charge in [-0.1, -0.05) is 5.21 Å². The van der Waals surface area contributed by atoms with Crippen molar-refractivity contribution in [1.82, 2.24) is 25.0 Å². The summed E-state index contributed by atoms with van der Waals surface area (Å²) < 4.78 is 5.17. The van der Waals surface area contributed by atoms with Crippen LogP contribution in [-0.4, -0.2) is 37.7 Å². The summed E-state index contributed by atoms with van der Waals surface area (Å²) in [7, 11) is 0. The fourth-order valence-electron chi connectivity index (χ4n) is 1.06. The first-order valence-electron chi connectivity index (χ1n) is 4.20. The Labute approximate surface area is 82.9 Å². The Balaban J connectivity index is 2.57. The average molecular weight is 209 g/mol. The Kier molecular flexibility index (Phi) is 2.16. The number of imidazole rings is 1. The molecule has 0 saturated carbocycles. The summed E-state index contributed by atoms with van der Waals surface area (Å²) in [5.41, 5.74) is -0.338. The van der Waals surface area contributed by atoms with Crippen LogP contribution >= 0.6 is 0 Å². The van der Waals surface area contributed by atoms with Crippen LogP contribution in [0, 0.1) is 0 Å². The molecule has 0 aliphatic rings. The second kappa shape index (κ2) is 3.48. The van der Waals surface area contributed by atoms with E-state index in [0.717, 1.165) is 0 Å². The Hall–Kier alpha value is -2.25. The van der Waals surface area contributed by atoms with Gasteiger partial charge in [0.05, 0.1) is 12.9 Å². The smallest absolute Gasteiger partial charge is 0.439 e. The number of H-pyrrole nitrogens is 1. The third-order valence-corrected chi connectivity index (χ3v) is 1.70. The zero-order chi connectivity index (χ0) is 10.8. The fraction of sp³-hybridized carbons (Fsp3) is 0.286. The largest absolute Gasteiger partial charge is 0.448 e. The summed E-state index contributed by atoms with van der Waals surface area (Å²) in [6.45, 7) is 1.79. The number of fused-ring (bicyclic) bond motifs is 1. The van der Waals surface area contributed by atoms with Gasteiger partial charge in [0, 0.05) is 0 Å². The zero-order valence-corrected chi connectivity index (χ0v) is 7.80. The number of hydrogen-bond acceptors (Lipinski definition) is 6. The molecule has 2 heterocycles. The van der Waals surface area contributed by atoms with E-state index in [4.69, 9.17) is 0 Å². The molecular weight excluding hydrogens is 202 g/mol. The van der Waals surface area contributed by atoms with Crippen LogP contribution in [0.1, 0.15) is 6.92 Å². The summed E-state index contributed by atoms with van der Waals surface area (Å²) in [4.78, 5) is 29.1. The Morgan fingerprint density at radius 1 is 1.67 bits per heavy atom. The quantitative estimate of drug-likeness (QED) is 0.680. The Morgan fingerprint density at radius 2 is 2.47 bits per heavy atom. The van der Waals surface area contributed by atoms with Gasteiger partial charge in [0.15, 0.2) is 5.52 Å². The van der Waals surface area contributed by atoms with E-state index in [0.29, 0.717) is 4.68 Å². The van der Waals surface area contributed by atoms with Gasteiger partial charge in [-0.05, 0) is 6.92 Å². The number of hydrogen-bond donors (Lipinski definition) is 1. The van der Waals surface area contributed by atoms with E-state index in [9.17, 15) is 9.59 Å². The number of rotatable bonds is 1. The van der Waals surface area contributed by atoms with Crippen LogP contribution < -0.4 is 5.56 Å². The molecule has 0 spiro atoms. The minimum absolute atomic E-state index is 0.123. The number of ether oxygens (including phenoxy) is 1. The van der Waals surface area contributed by atoms with E-state index in [1.165, 1.54) is 6.33 Å². The number of aromatic amines is 1. The van der Waals surface area contributed by atoms with Gasteiger partial charge in [-0.3, -0.25) is 4.79 Å². The molecule has 0 saturated heterocycles. The molecule has 78 valence electrons. The van der Waals surface area contributed by atoms with E-state index in [2.05, 4.69) is 25.0 Å². The molecule has 0 aliphatic carbocycles. The van der Waals surface area contributed by atoms with Crippen LogP contribution in [0.2, 0.25) is 0 Å². The highest BCUT2D eigenvalue weighted by molar-refractivity contribution is 5.74. The number of nitrogens with one attached hydrogen (secondary N) is 1. The second-order valence-electron chi connectivity index (χ2n) is 2.61. The maximum absolute atomic E-state index is 11.6. The van der Waals surface area contributed by atoms with Crippen LogP contribution in [-0.2, 0) is 4.74 Å². The van der Waals surface area contributed by atoms with Gasteiger partial charge in [0.1, 0.15) is 0 Å². The first-order chi connectivity index (χ1) is 7.24. The van der Waals surface area contributed by atoms with Gasteiger partial charge in [-0.15, -0.1) is 9.78 Å². The minimum atomic E-state index is -0.855. The topological polar surface area (TPSA) is 103 Å². The van der Waals surface area contributed by atoms with Crippen molar-refractivity contribution in [2.75, 3.05) is 6.61 Å². The monoisotopic (exact) mass is 209 g/mol. The lowest BCUT2D eigenvalue weighted by atomic mass is 10.6. The van der Waals surface area contributed by atoms with Crippen molar-refractivity contribution in [2.24, 2.45) is 0 Å². The standard InChI is InChI=1S/C7H7N5O3/c1-2-15-7(14)12-6(13)4-5(10-11-12)9-3-8-4/h3H,2H2,1H3,(H,8,9). The average Bonchev–Trinajstić information content (AvgIpc) is 2.67. The zero-order valence-electron chi connectivity index (χ0n) is 7.80. The molecule has 0 unspecified atom stereocenters. The van der Waals surface area contributed by atoms with Crippen LogP contribution in [0.25, 0.3) is 11.2 Å². The van der Waals surface area contributed by atoms with Gasteiger partial charge < -0.3 is 9.72 Å². The highest BCUT2D eigenvalue weighted by Gasteiger charge is 2.13. The SMILES string of the molecule is CCOC(=O)n1nnc2nc[nH]c2c1=O. The molecule has 2 aromatic rings. The van der Waals surface area contributed by atoms with E-state index >= 15 is 0 Å². The van der Waals surface area contributed by atoms with E-state index in [-0.39, 0.29) is 17.8 Å². The van der Waals surface area contributed by atoms with Crippen molar-refractivity contribution >= 4 is 17.3 Å². The fourth-order valence-corrected chi connectivity index (χ4v) is 1.06. The number of carbonyl (C=O) groups excluding carboxylic acids is 1.